The van der Waals surface area contributed by atoms with Gasteiger partial charge in [-0.3, -0.25) is 14.4 Å². The second kappa shape index (κ2) is 7.95. The predicted molar refractivity (Wildman–Crippen MR) is 98.1 cm³/mol. The van der Waals surface area contributed by atoms with Gasteiger partial charge in [0, 0.05) is 24.8 Å². The van der Waals surface area contributed by atoms with E-state index in [9.17, 15) is 14.4 Å². The molecule has 1 aliphatic rings. The second-order valence-corrected chi connectivity index (χ2v) is 6.31. The standard InChI is InChI=1S/C19H22N4O3/c1-2-14-5-7-15(8-6-14)20-17(24)13-23-18(25)10-9-16(21-23)19(26)22-11-3-4-12-22/h5-10H,2-4,11-13H2,1H3,(H,20,24). The SMILES string of the molecule is CCc1ccc(NC(=O)Cn2nc(C(=O)N3CCCC3)ccc2=O)cc1. The molecule has 2 aromatic rings. The number of amides is 2. The molecular formula is C19H22N4O3. The van der Waals surface area contributed by atoms with Crippen LogP contribution in [0.15, 0.2) is 41.2 Å². The summed E-state index contributed by atoms with van der Waals surface area (Å²) in [5, 5.41) is 6.82. The Bertz CT molecular complexity index is 852. The number of carbonyl (C=O) groups is 2. The van der Waals surface area contributed by atoms with Crippen molar-refractivity contribution in [3.63, 3.8) is 0 Å². The first-order chi connectivity index (χ1) is 12.6. The molecule has 0 atom stereocenters. The van der Waals surface area contributed by atoms with Crippen molar-refractivity contribution in [3.8, 4) is 0 Å². The van der Waals surface area contributed by atoms with Crippen molar-refractivity contribution in [1.29, 1.82) is 0 Å². The molecule has 1 saturated heterocycles. The normalized spacial score (nSPS) is 13.7. The third kappa shape index (κ3) is 4.17. The lowest BCUT2D eigenvalue weighted by molar-refractivity contribution is -0.117. The smallest absolute Gasteiger partial charge is 0.274 e. The van der Waals surface area contributed by atoms with E-state index < -0.39 is 5.56 Å². The zero-order valence-electron chi connectivity index (χ0n) is 14.8. The quantitative estimate of drug-likeness (QED) is 0.885. The van der Waals surface area contributed by atoms with Crippen molar-refractivity contribution in [3.05, 3.63) is 58.0 Å². The third-order valence-electron chi connectivity index (χ3n) is 4.42. The first-order valence-corrected chi connectivity index (χ1v) is 8.83. The largest absolute Gasteiger partial charge is 0.337 e. The molecule has 1 aromatic carbocycles. The summed E-state index contributed by atoms with van der Waals surface area (Å²) < 4.78 is 1.03. The molecule has 0 saturated carbocycles. The van der Waals surface area contributed by atoms with E-state index in [0.29, 0.717) is 18.8 Å². The number of benzene rings is 1. The lowest BCUT2D eigenvalue weighted by atomic mass is 10.1. The fourth-order valence-electron chi connectivity index (χ4n) is 2.92. The van der Waals surface area contributed by atoms with E-state index in [1.54, 1.807) is 4.90 Å². The van der Waals surface area contributed by atoms with E-state index in [0.717, 1.165) is 23.9 Å². The van der Waals surface area contributed by atoms with Gasteiger partial charge in [0.1, 0.15) is 12.2 Å². The van der Waals surface area contributed by atoms with Crippen molar-refractivity contribution in [2.24, 2.45) is 0 Å². The van der Waals surface area contributed by atoms with E-state index in [2.05, 4.69) is 17.3 Å². The Labute approximate surface area is 151 Å². The van der Waals surface area contributed by atoms with Gasteiger partial charge in [0.2, 0.25) is 5.91 Å². The van der Waals surface area contributed by atoms with Gasteiger partial charge in [-0.05, 0) is 43.0 Å². The van der Waals surface area contributed by atoms with Gasteiger partial charge in [-0.25, -0.2) is 4.68 Å². The van der Waals surface area contributed by atoms with Gasteiger partial charge < -0.3 is 10.2 Å². The van der Waals surface area contributed by atoms with Crippen molar-refractivity contribution in [1.82, 2.24) is 14.7 Å². The van der Waals surface area contributed by atoms with E-state index in [1.165, 1.54) is 17.7 Å². The number of nitrogens with zero attached hydrogens (tertiary/aromatic N) is 3. The summed E-state index contributed by atoms with van der Waals surface area (Å²) in [6, 6.07) is 10.2. The lowest BCUT2D eigenvalue weighted by Crippen LogP contribution is -2.34. The maximum Gasteiger partial charge on any atom is 0.274 e. The van der Waals surface area contributed by atoms with Gasteiger partial charge in [-0.15, -0.1) is 0 Å². The number of aryl methyl sites for hydroxylation is 1. The summed E-state index contributed by atoms with van der Waals surface area (Å²) in [6.07, 6.45) is 2.88. The van der Waals surface area contributed by atoms with Gasteiger partial charge in [0.15, 0.2) is 0 Å². The molecular weight excluding hydrogens is 332 g/mol. The van der Waals surface area contributed by atoms with Crippen LogP contribution in [0.5, 0.6) is 0 Å². The number of anilines is 1. The summed E-state index contributed by atoms with van der Waals surface area (Å²) in [7, 11) is 0. The molecule has 0 bridgehead atoms. The zero-order valence-corrected chi connectivity index (χ0v) is 14.8. The number of rotatable bonds is 5. The van der Waals surface area contributed by atoms with Crippen LogP contribution in [0.4, 0.5) is 5.69 Å². The molecule has 1 fully saturated rings. The van der Waals surface area contributed by atoms with E-state index in [1.807, 2.05) is 24.3 Å². The molecule has 3 rings (SSSR count). The number of hydrogen-bond donors (Lipinski definition) is 1. The fourth-order valence-corrected chi connectivity index (χ4v) is 2.92. The van der Waals surface area contributed by atoms with Crippen LogP contribution >= 0.6 is 0 Å². The highest BCUT2D eigenvalue weighted by Gasteiger charge is 2.21. The average molecular weight is 354 g/mol. The van der Waals surface area contributed by atoms with Crippen LogP contribution in [-0.4, -0.2) is 39.6 Å². The van der Waals surface area contributed by atoms with E-state index in [4.69, 9.17) is 0 Å². The molecule has 0 radical (unpaired) electrons. The van der Waals surface area contributed by atoms with Gasteiger partial charge in [0.05, 0.1) is 0 Å². The molecule has 7 heteroatoms. The highest BCUT2D eigenvalue weighted by molar-refractivity contribution is 5.92. The minimum Gasteiger partial charge on any atom is -0.337 e. The molecule has 7 nitrogen and oxygen atoms in total. The van der Waals surface area contributed by atoms with Crippen LogP contribution in [0, 0.1) is 0 Å². The molecule has 136 valence electrons. The zero-order chi connectivity index (χ0) is 18.5. The molecule has 2 heterocycles. The molecule has 0 unspecified atom stereocenters. The fraction of sp³-hybridized carbons (Fsp3) is 0.368. The summed E-state index contributed by atoms with van der Waals surface area (Å²) in [5.74, 6) is -0.568. The Kier molecular flexibility index (Phi) is 5.46. The second-order valence-electron chi connectivity index (χ2n) is 6.31. The maximum absolute atomic E-state index is 12.4. The highest BCUT2D eigenvalue weighted by atomic mass is 16.2. The Morgan fingerprint density at radius 1 is 1.08 bits per heavy atom. The maximum atomic E-state index is 12.4. The molecule has 0 aliphatic carbocycles. The summed E-state index contributed by atoms with van der Waals surface area (Å²) in [5.41, 5.74) is 1.60. The lowest BCUT2D eigenvalue weighted by Gasteiger charge is -2.15. The number of likely N-dealkylation sites (tertiary alicyclic amines) is 1. The predicted octanol–water partition coefficient (Wildman–Crippen LogP) is 1.68. The van der Waals surface area contributed by atoms with Crippen molar-refractivity contribution in [2.45, 2.75) is 32.7 Å². The van der Waals surface area contributed by atoms with Crippen LogP contribution in [0.3, 0.4) is 0 Å². The van der Waals surface area contributed by atoms with Crippen LogP contribution in [0.2, 0.25) is 0 Å². The van der Waals surface area contributed by atoms with E-state index in [-0.39, 0.29) is 24.1 Å². The molecule has 2 amide bonds. The third-order valence-corrected chi connectivity index (χ3v) is 4.42. The first-order valence-electron chi connectivity index (χ1n) is 8.83. The topological polar surface area (TPSA) is 84.3 Å². The van der Waals surface area contributed by atoms with Crippen LogP contribution in [-0.2, 0) is 17.8 Å². The number of nitrogens with one attached hydrogen (secondary N) is 1. The molecule has 1 aromatic heterocycles. The van der Waals surface area contributed by atoms with Gasteiger partial charge in [-0.1, -0.05) is 19.1 Å². The van der Waals surface area contributed by atoms with Crippen molar-refractivity contribution in [2.75, 3.05) is 18.4 Å². The Morgan fingerprint density at radius 2 is 1.77 bits per heavy atom. The van der Waals surface area contributed by atoms with Crippen molar-refractivity contribution >= 4 is 17.5 Å². The first kappa shape index (κ1) is 17.8. The number of hydrogen-bond acceptors (Lipinski definition) is 4. The monoisotopic (exact) mass is 354 g/mol. The number of aromatic nitrogens is 2. The number of carbonyl (C=O) groups excluding carboxylic acids is 2. The van der Waals surface area contributed by atoms with Gasteiger partial charge in [-0.2, -0.15) is 5.10 Å². The Hall–Kier alpha value is -2.96. The highest BCUT2D eigenvalue weighted by Crippen LogP contribution is 2.11. The minimum atomic E-state index is -0.417. The summed E-state index contributed by atoms with van der Waals surface area (Å²) in [6.45, 7) is 3.22. The summed E-state index contributed by atoms with van der Waals surface area (Å²) in [4.78, 5) is 38.3. The van der Waals surface area contributed by atoms with E-state index >= 15 is 0 Å². The Balaban J connectivity index is 1.69. The van der Waals surface area contributed by atoms with Crippen LogP contribution in [0.25, 0.3) is 0 Å². The average Bonchev–Trinajstić information content (AvgIpc) is 3.18. The molecule has 26 heavy (non-hydrogen) atoms. The molecule has 0 spiro atoms. The minimum absolute atomic E-state index is 0.187. The van der Waals surface area contributed by atoms with Crippen LogP contribution in [0.1, 0.15) is 35.8 Å². The van der Waals surface area contributed by atoms with Gasteiger partial charge in [0.25, 0.3) is 11.5 Å². The van der Waals surface area contributed by atoms with Crippen molar-refractivity contribution < 1.29 is 9.59 Å². The summed E-state index contributed by atoms with van der Waals surface area (Å²) >= 11 is 0. The molecule has 1 N–H and O–H groups in total. The van der Waals surface area contributed by atoms with Crippen LogP contribution < -0.4 is 10.9 Å². The van der Waals surface area contributed by atoms with Gasteiger partial charge >= 0.3 is 0 Å². The Morgan fingerprint density at radius 3 is 2.42 bits per heavy atom. The molecule has 1 aliphatic heterocycles.